The van der Waals surface area contributed by atoms with Crippen molar-refractivity contribution in [3.8, 4) is 22.5 Å². The summed E-state index contributed by atoms with van der Waals surface area (Å²) in [6, 6.07) is 16.1. The first-order chi connectivity index (χ1) is 16.6. The Hall–Kier alpha value is -3.40. The molecule has 10 heteroatoms. The van der Waals surface area contributed by atoms with Crippen molar-refractivity contribution >= 4 is 17.0 Å². The van der Waals surface area contributed by atoms with E-state index in [4.69, 9.17) is 4.98 Å². The second-order valence-electron chi connectivity index (χ2n) is 8.13. The van der Waals surface area contributed by atoms with Crippen molar-refractivity contribution in [2.24, 2.45) is 0 Å². The van der Waals surface area contributed by atoms with Gasteiger partial charge in [0.15, 0.2) is 5.82 Å². The van der Waals surface area contributed by atoms with Gasteiger partial charge >= 0.3 is 29.6 Å². The van der Waals surface area contributed by atoms with Crippen LogP contribution in [0.5, 0.6) is 0 Å². The number of rotatable bonds is 7. The van der Waals surface area contributed by atoms with Crippen molar-refractivity contribution in [2.45, 2.75) is 33.2 Å². The topological polar surface area (TPSA) is 125 Å². The first kappa shape index (κ1) is 24.7. The van der Waals surface area contributed by atoms with Crippen LogP contribution in [0.1, 0.15) is 40.8 Å². The summed E-state index contributed by atoms with van der Waals surface area (Å²) in [4.78, 5) is 20.7. The first-order valence-electron chi connectivity index (χ1n) is 11.0. The van der Waals surface area contributed by atoms with E-state index >= 15 is 0 Å². The Morgan fingerprint density at radius 2 is 1.83 bits per heavy atom. The van der Waals surface area contributed by atoms with Gasteiger partial charge < -0.3 is 14.5 Å². The molecule has 3 heterocycles. The molecular weight excluding hydrogens is 453 g/mol. The van der Waals surface area contributed by atoms with E-state index in [1.807, 2.05) is 60.0 Å². The number of imidazole rings is 1. The van der Waals surface area contributed by atoms with Crippen molar-refractivity contribution in [3.05, 3.63) is 77.4 Å². The molecule has 0 unspecified atom stereocenters. The minimum atomic E-state index is -1.30. The molecule has 0 aliphatic carbocycles. The van der Waals surface area contributed by atoms with Crippen LogP contribution < -0.4 is 34.7 Å². The van der Waals surface area contributed by atoms with Crippen molar-refractivity contribution < 1.29 is 39.5 Å². The standard InChI is InChI=1S/C25H23N7O2.Na/c1-3-6-20-27-21-15(2)13-26-22(25(33)34)23(21)32(20)14-16-9-11-17(12-10-16)18-7-4-5-8-19(18)24-28-30-31-29-24;/h4-5,7-13H,3,6,14H2,1-2H3,(H,33,34)(H,28,29,30,31);/q;+1/p-1. The fourth-order valence-corrected chi connectivity index (χ4v) is 4.22. The average molecular weight is 475 g/mol. The number of aryl methyl sites for hydroxylation is 2. The number of fused-ring (bicyclic) bond motifs is 1. The smallest absolute Gasteiger partial charge is 0.543 e. The zero-order valence-electron chi connectivity index (χ0n) is 19.8. The van der Waals surface area contributed by atoms with E-state index in [1.54, 1.807) is 0 Å². The average Bonchev–Trinajstić information content (AvgIpc) is 3.50. The number of carboxylic acids is 1. The Kier molecular flexibility index (Phi) is 7.39. The number of hydrogen-bond donors (Lipinski definition) is 1. The molecule has 0 radical (unpaired) electrons. The maximum Gasteiger partial charge on any atom is 1.00 e. The monoisotopic (exact) mass is 475 g/mol. The Morgan fingerprint density at radius 3 is 2.49 bits per heavy atom. The summed E-state index contributed by atoms with van der Waals surface area (Å²) < 4.78 is 1.95. The Bertz CT molecular complexity index is 1480. The van der Waals surface area contributed by atoms with Gasteiger partial charge in [-0.05, 0) is 46.0 Å². The summed E-state index contributed by atoms with van der Waals surface area (Å²) in [6.45, 7) is 4.44. The Labute approximate surface area is 223 Å². The van der Waals surface area contributed by atoms with Gasteiger partial charge in [0, 0.05) is 24.7 Å². The van der Waals surface area contributed by atoms with Gasteiger partial charge in [0.2, 0.25) is 0 Å². The van der Waals surface area contributed by atoms with Gasteiger partial charge in [0.1, 0.15) is 11.5 Å². The predicted molar refractivity (Wildman–Crippen MR) is 125 cm³/mol. The largest absolute Gasteiger partial charge is 1.00 e. The number of nitrogens with zero attached hydrogens (tertiary/aromatic N) is 6. The number of tetrazole rings is 1. The molecule has 3 aromatic heterocycles. The van der Waals surface area contributed by atoms with Crippen molar-refractivity contribution in [3.63, 3.8) is 0 Å². The molecule has 5 aromatic rings. The van der Waals surface area contributed by atoms with Gasteiger partial charge in [-0.25, -0.2) is 10.1 Å². The summed E-state index contributed by atoms with van der Waals surface area (Å²) in [5.74, 6) is 0.137. The van der Waals surface area contributed by atoms with Crippen molar-refractivity contribution in [1.29, 1.82) is 0 Å². The van der Waals surface area contributed by atoms with Crippen LogP contribution in [-0.2, 0) is 13.0 Å². The first-order valence-corrected chi connectivity index (χ1v) is 11.0. The maximum atomic E-state index is 11.8. The summed E-state index contributed by atoms with van der Waals surface area (Å²) >= 11 is 0. The van der Waals surface area contributed by atoms with Crippen molar-refractivity contribution in [1.82, 2.24) is 35.2 Å². The molecule has 35 heavy (non-hydrogen) atoms. The minimum Gasteiger partial charge on any atom is -0.543 e. The van der Waals surface area contributed by atoms with E-state index in [2.05, 4.69) is 32.5 Å². The van der Waals surface area contributed by atoms with Crippen LogP contribution >= 0.6 is 0 Å². The summed E-state index contributed by atoms with van der Waals surface area (Å²) in [5.41, 5.74) is 5.88. The van der Waals surface area contributed by atoms with Gasteiger partial charge in [-0.1, -0.05) is 55.5 Å². The zero-order valence-corrected chi connectivity index (χ0v) is 21.8. The van der Waals surface area contributed by atoms with E-state index in [0.717, 1.165) is 46.5 Å². The molecule has 0 saturated carbocycles. The van der Waals surface area contributed by atoms with Crippen molar-refractivity contribution in [2.75, 3.05) is 0 Å². The van der Waals surface area contributed by atoms with E-state index in [9.17, 15) is 9.90 Å². The minimum absolute atomic E-state index is 0. The van der Waals surface area contributed by atoms with Gasteiger partial charge in [-0.3, -0.25) is 4.98 Å². The third kappa shape index (κ3) is 4.75. The predicted octanol–water partition coefficient (Wildman–Crippen LogP) is -0.0449. The van der Waals surface area contributed by atoms with Crippen LogP contribution in [0.25, 0.3) is 33.5 Å². The van der Waals surface area contributed by atoms with Gasteiger partial charge in [0.25, 0.3) is 0 Å². The molecule has 0 spiro atoms. The molecule has 0 aliphatic heterocycles. The molecular formula is C25H22N7NaO2. The quantitative estimate of drug-likeness (QED) is 0.327. The summed E-state index contributed by atoms with van der Waals surface area (Å²) in [7, 11) is 0. The molecule has 9 nitrogen and oxygen atoms in total. The van der Waals surface area contributed by atoms with Crippen LogP contribution in [0.4, 0.5) is 0 Å². The zero-order chi connectivity index (χ0) is 23.7. The second-order valence-corrected chi connectivity index (χ2v) is 8.13. The molecule has 170 valence electrons. The number of aromatic carboxylic acids is 1. The number of carboxylic acid groups (broad SMARTS) is 1. The number of nitrogens with one attached hydrogen (secondary N) is 1. The molecule has 0 bridgehead atoms. The summed E-state index contributed by atoms with van der Waals surface area (Å²) in [5, 5.41) is 26.0. The summed E-state index contributed by atoms with van der Waals surface area (Å²) in [6.07, 6.45) is 3.16. The van der Waals surface area contributed by atoms with E-state index in [1.165, 1.54) is 6.20 Å². The molecule has 0 amide bonds. The fourth-order valence-electron chi connectivity index (χ4n) is 4.22. The Balaban J connectivity index is 0.00000289. The number of H-pyrrole nitrogens is 1. The maximum absolute atomic E-state index is 11.8. The second kappa shape index (κ2) is 10.5. The van der Waals surface area contributed by atoms with Crippen LogP contribution in [0.3, 0.4) is 0 Å². The number of aromatic nitrogens is 7. The van der Waals surface area contributed by atoms with Crippen LogP contribution in [0.2, 0.25) is 0 Å². The van der Waals surface area contributed by atoms with E-state index in [0.29, 0.717) is 23.4 Å². The number of carbonyl (C=O) groups is 1. The number of benzene rings is 2. The van der Waals surface area contributed by atoms with Gasteiger partial charge in [0.05, 0.1) is 17.0 Å². The van der Waals surface area contributed by atoms with Gasteiger partial charge in [-0.2, -0.15) is 0 Å². The molecule has 5 rings (SSSR count). The fraction of sp³-hybridized carbons (Fsp3) is 0.200. The Morgan fingerprint density at radius 1 is 1.09 bits per heavy atom. The number of pyridine rings is 1. The van der Waals surface area contributed by atoms with Gasteiger partial charge in [-0.15, -0.1) is 5.10 Å². The van der Waals surface area contributed by atoms with E-state index in [-0.39, 0.29) is 35.3 Å². The molecule has 0 saturated heterocycles. The van der Waals surface area contributed by atoms with E-state index < -0.39 is 5.97 Å². The van der Waals surface area contributed by atoms with Crippen LogP contribution in [0, 0.1) is 6.92 Å². The molecule has 0 aliphatic rings. The van der Waals surface area contributed by atoms with Crippen LogP contribution in [-0.4, -0.2) is 41.1 Å². The third-order valence-electron chi connectivity index (χ3n) is 5.83. The molecule has 0 atom stereocenters. The third-order valence-corrected chi connectivity index (χ3v) is 5.83. The molecule has 2 aromatic carbocycles. The SMILES string of the molecule is CCCc1nc2c(C)cnc(C(=O)[O-])c2n1Cc1ccc(-c2ccccc2-c2nnn[nH]2)cc1.[Na+]. The molecule has 0 fully saturated rings. The number of hydrogen-bond acceptors (Lipinski definition) is 7. The number of carbonyl (C=O) groups excluding carboxylic acids is 1. The normalized spacial score (nSPS) is 10.9. The van der Waals surface area contributed by atoms with Crippen LogP contribution in [0.15, 0.2) is 54.7 Å². The molecule has 1 N–H and O–H groups in total. The number of aromatic amines is 1.